The van der Waals surface area contributed by atoms with Gasteiger partial charge in [0.1, 0.15) is 0 Å². The Morgan fingerprint density at radius 3 is 2.53 bits per heavy atom. The minimum atomic E-state index is -3.54. The number of rotatable bonds is 3. The number of aromatic nitrogens is 3. The van der Waals surface area contributed by atoms with Crippen molar-refractivity contribution in [1.82, 2.24) is 19.7 Å². The van der Waals surface area contributed by atoms with E-state index in [1.165, 1.54) is 11.1 Å². The van der Waals surface area contributed by atoms with Crippen LogP contribution in [-0.2, 0) is 17.1 Å². The molecule has 0 atom stereocenters. The lowest BCUT2D eigenvalue weighted by Gasteiger charge is -2.22. The van der Waals surface area contributed by atoms with Gasteiger partial charge in [0.2, 0.25) is 5.03 Å². The highest BCUT2D eigenvalue weighted by molar-refractivity contribution is 9.10. The lowest BCUT2D eigenvalue weighted by Crippen LogP contribution is -2.37. The highest BCUT2D eigenvalue weighted by atomic mass is 79.9. The van der Waals surface area contributed by atoms with Crippen molar-refractivity contribution in [3.8, 4) is 0 Å². The Bertz CT molecular complexity index is 474. The van der Waals surface area contributed by atoms with Crippen LogP contribution in [0, 0.1) is 0 Å². The van der Waals surface area contributed by atoms with Crippen LogP contribution in [0.1, 0.15) is 32.1 Å². The van der Waals surface area contributed by atoms with Crippen molar-refractivity contribution in [3.05, 3.63) is 4.60 Å². The third-order valence-corrected chi connectivity index (χ3v) is 5.33. The Labute approximate surface area is 109 Å². The van der Waals surface area contributed by atoms with Gasteiger partial charge in [-0.3, -0.25) is 0 Å². The number of nitrogens with one attached hydrogen (secondary N) is 1. The number of aryl methyl sites for hydroxylation is 1. The maximum absolute atomic E-state index is 12.2. The lowest BCUT2D eigenvalue weighted by molar-refractivity contribution is 0.410. The molecule has 0 spiro atoms. The third kappa shape index (κ3) is 2.86. The smallest absolute Gasteiger partial charge is 0.235 e. The van der Waals surface area contributed by atoms with Crippen LogP contribution in [0.5, 0.6) is 0 Å². The molecule has 1 N–H and O–H groups in total. The first-order valence-corrected chi connectivity index (χ1v) is 7.86. The molecule has 8 heteroatoms. The maximum atomic E-state index is 12.2. The summed E-state index contributed by atoms with van der Waals surface area (Å²) in [6.45, 7) is 0. The average molecular weight is 323 g/mol. The second kappa shape index (κ2) is 5.03. The normalized spacial score (nSPS) is 18.5. The third-order valence-electron chi connectivity index (χ3n) is 2.92. The minimum Gasteiger partial charge on any atom is -0.235 e. The summed E-state index contributed by atoms with van der Waals surface area (Å²) >= 11 is 3.10. The topological polar surface area (TPSA) is 76.9 Å². The van der Waals surface area contributed by atoms with Crippen molar-refractivity contribution in [2.45, 2.75) is 43.2 Å². The molecule has 2 rings (SSSR count). The molecule has 0 aliphatic heterocycles. The Morgan fingerprint density at radius 2 is 2.00 bits per heavy atom. The van der Waals surface area contributed by atoms with E-state index in [1.807, 2.05) is 0 Å². The zero-order valence-electron chi connectivity index (χ0n) is 9.56. The highest BCUT2D eigenvalue weighted by Gasteiger charge is 2.27. The van der Waals surface area contributed by atoms with Gasteiger partial charge in [-0.1, -0.05) is 24.5 Å². The molecule has 1 saturated carbocycles. The van der Waals surface area contributed by atoms with Gasteiger partial charge >= 0.3 is 0 Å². The summed E-state index contributed by atoms with van der Waals surface area (Å²) in [5, 5.41) is 7.45. The molecule has 96 valence electrons. The number of sulfonamides is 1. The fourth-order valence-corrected chi connectivity index (χ4v) is 4.50. The zero-order valence-corrected chi connectivity index (χ0v) is 12.0. The van der Waals surface area contributed by atoms with Gasteiger partial charge in [-0.25, -0.2) is 17.8 Å². The summed E-state index contributed by atoms with van der Waals surface area (Å²) in [5.74, 6) is 0. The predicted molar refractivity (Wildman–Crippen MR) is 65.9 cm³/mol. The molecule has 0 saturated heterocycles. The van der Waals surface area contributed by atoms with E-state index in [0.717, 1.165) is 25.7 Å². The van der Waals surface area contributed by atoms with Gasteiger partial charge < -0.3 is 0 Å². The molecular formula is C9H15BrN4O2S. The van der Waals surface area contributed by atoms with Gasteiger partial charge in [0.05, 0.1) is 0 Å². The summed E-state index contributed by atoms with van der Waals surface area (Å²) in [4.78, 5) is 0. The van der Waals surface area contributed by atoms with Crippen molar-refractivity contribution in [2.75, 3.05) is 0 Å². The lowest BCUT2D eigenvalue weighted by atomic mass is 9.96. The van der Waals surface area contributed by atoms with E-state index in [1.54, 1.807) is 7.05 Å². The molecule has 0 unspecified atom stereocenters. The van der Waals surface area contributed by atoms with E-state index in [4.69, 9.17) is 0 Å². The summed E-state index contributed by atoms with van der Waals surface area (Å²) in [6.07, 6.45) is 5.16. The van der Waals surface area contributed by atoms with Crippen LogP contribution in [-0.4, -0.2) is 29.5 Å². The molecule has 1 aromatic heterocycles. The van der Waals surface area contributed by atoms with E-state index >= 15 is 0 Å². The Kier molecular flexibility index (Phi) is 3.84. The van der Waals surface area contributed by atoms with E-state index < -0.39 is 10.0 Å². The first kappa shape index (κ1) is 13.0. The summed E-state index contributed by atoms with van der Waals surface area (Å²) in [7, 11) is -1.97. The van der Waals surface area contributed by atoms with Gasteiger partial charge in [0.25, 0.3) is 10.0 Å². The van der Waals surface area contributed by atoms with Crippen LogP contribution in [0.25, 0.3) is 0 Å². The molecule has 0 amide bonds. The van der Waals surface area contributed by atoms with Crippen molar-refractivity contribution in [2.24, 2.45) is 7.05 Å². The van der Waals surface area contributed by atoms with Gasteiger partial charge in [-0.2, -0.15) is 0 Å². The Balaban J connectivity index is 2.19. The number of hydrogen-bond acceptors (Lipinski definition) is 4. The van der Waals surface area contributed by atoms with Gasteiger partial charge in [0.15, 0.2) is 4.60 Å². The molecule has 0 bridgehead atoms. The fourth-order valence-electron chi connectivity index (χ4n) is 2.10. The summed E-state index contributed by atoms with van der Waals surface area (Å²) in [5.41, 5.74) is 0. The van der Waals surface area contributed by atoms with Crippen LogP contribution in [0.2, 0.25) is 0 Å². The van der Waals surface area contributed by atoms with E-state index in [2.05, 4.69) is 31.0 Å². The van der Waals surface area contributed by atoms with Crippen molar-refractivity contribution >= 4 is 26.0 Å². The highest BCUT2D eigenvalue weighted by Crippen LogP contribution is 2.22. The summed E-state index contributed by atoms with van der Waals surface area (Å²) < 4.78 is 28.6. The van der Waals surface area contributed by atoms with Crippen molar-refractivity contribution in [3.63, 3.8) is 0 Å². The van der Waals surface area contributed by atoms with Crippen LogP contribution in [0.4, 0.5) is 0 Å². The Morgan fingerprint density at radius 1 is 1.35 bits per heavy atom. The molecule has 1 aromatic rings. The van der Waals surface area contributed by atoms with Crippen LogP contribution >= 0.6 is 15.9 Å². The van der Waals surface area contributed by atoms with Gasteiger partial charge in [0, 0.05) is 13.1 Å². The van der Waals surface area contributed by atoms with Crippen molar-refractivity contribution in [1.29, 1.82) is 0 Å². The number of nitrogens with zero attached hydrogens (tertiary/aromatic N) is 3. The number of halogens is 1. The second-order valence-corrected chi connectivity index (χ2v) is 6.65. The van der Waals surface area contributed by atoms with Crippen LogP contribution in [0.15, 0.2) is 9.63 Å². The monoisotopic (exact) mass is 322 g/mol. The van der Waals surface area contributed by atoms with Gasteiger partial charge in [-0.05, 0) is 28.8 Å². The fraction of sp³-hybridized carbons (Fsp3) is 0.778. The minimum absolute atomic E-state index is 0.0375. The first-order valence-electron chi connectivity index (χ1n) is 5.58. The zero-order chi connectivity index (χ0) is 12.5. The summed E-state index contributed by atoms with van der Waals surface area (Å²) in [6, 6.07) is 0.0375. The molecule has 17 heavy (non-hydrogen) atoms. The molecule has 0 aromatic carbocycles. The Hall–Kier alpha value is -0.470. The second-order valence-electron chi connectivity index (χ2n) is 4.27. The van der Waals surface area contributed by atoms with Crippen LogP contribution in [0.3, 0.4) is 0 Å². The van der Waals surface area contributed by atoms with Gasteiger partial charge in [-0.15, -0.1) is 5.10 Å². The van der Waals surface area contributed by atoms with E-state index in [0.29, 0.717) is 0 Å². The predicted octanol–water partition coefficient (Wildman–Crippen LogP) is 1.19. The SMILES string of the molecule is Cn1nnc(Br)c1S(=O)(=O)NC1CCCCC1. The quantitative estimate of drug-likeness (QED) is 0.906. The molecule has 6 nitrogen and oxygen atoms in total. The first-order chi connectivity index (χ1) is 8.00. The molecule has 1 fully saturated rings. The molecule has 1 heterocycles. The average Bonchev–Trinajstić information content (AvgIpc) is 2.59. The van der Waals surface area contributed by atoms with Crippen LogP contribution < -0.4 is 4.72 Å². The molecular weight excluding hydrogens is 308 g/mol. The molecule has 1 aliphatic carbocycles. The molecule has 1 aliphatic rings. The number of hydrogen-bond donors (Lipinski definition) is 1. The van der Waals surface area contributed by atoms with Crippen molar-refractivity contribution < 1.29 is 8.42 Å². The van der Waals surface area contributed by atoms with E-state index in [-0.39, 0.29) is 15.7 Å². The maximum Gasteiger partial charge on any atom is 0.260 e. The molecule has 0 radical (unpaired) electrons. The largest absolute Gasteiger partial charge is 0.260 e. The standard InChI is InChI=1S/C9H15BrN4O2S/c1-14-9(8(10)11-13-14)17(15,16)12-7-5-3-2-4-6-7/h7,12H,2-6H2,1H3. The van der Waals surface area contributed by atoms with E-state index in [9.17, 15) is 8.42 Å².